The zero-order valence-electron chi connectivity index (χ0n) is 13.7. The first kappa shape index (κ1) is 19.6. The van der Waals surface area contributed by atoms with Crippen molar-refractivity contribution in [2.75, 3.05) is 19.3 Å². The van der Waals surface area contributed by atoms with Gasteiger partial charge in [0, 0.05) is 6.26 Å². The van der Waals surface area contributed by atoms with E-state index in [1.807, 2.05) is 0 Å². The van der Waals surface area contributed by atoms with E-state index >= 15 is 0 Å². The van der Waals surface area contributed by atoms with Crippen LogP contribution in [0.2, 0.25) is 0 Å². The van der Waals surface area contributed by atoms with Gasteiger partial charge in [0.25, 0.3) is 0 Å². The van der Waals surface area contributed by atoms with Crippen molar-refractivity contribution in [3.05, 3.63) is 35.9 Å². The fourth-order valence-corrected chi connectivity index (χ4v) is 3.20. The number of ether oxygens (including phenoxy) is 1. The van der Waals surface area contributed by atoms with Crippen LogP contribution in [0.4, 0.5) is 4.39 Å². The summed E-state index contributed by atoms with van der Waals surface area (Å²) in [6, 6.07) is 3.85. The van der Waals surface area contributed by atoms with Gasteiger partial charge in [-0.1, -0.05) is 0 Å². The van der Waals surface area contributed by atoms with E-state index in [1.54, 1.807) is 11.0 Å². The molecule has 25 heavy (non-hydrogen) atoms. The molecule has 7 nitrogen and oxygen atoms in total. The van der Waals surface area contributed by atoms with Gasteiger partial charge in [-0.05, 0) is 44.1 Å². The number of aromatic nitrogens is 3. The lowest BCUT2D eigenvalue weighted by atomic mass is 10.1. The number of nitrogens with one attached hydrogen (secondary N) is 1. The summed E-state index contributed by atoms with van der Waals surface area (Å²) in [7, 11) is -3.44. The quantitative estimate of drug-likeness (QED) is 0.837. The summed E-state index contributed by atoms with van der Waals surface area (Å²) in [5.74, 6) is -0.734. The van der Waals surface area contributed by atoms with E-state index in [9.17, 15) is 12.8 Å². The van der Waals surface area contributed by atoms with E-state index in [-0.39, 0.29) is 35.7 Å². The molecule has 1 aliphatic heterocycles. The maximum absolute atomic E-state index is 13.9. The van der Waals surface area contributed by atoms with E-state index in [1.165, 1.54) is 12.1 Å². The van der Waals surface area contributed by atoms with Crippen LogP contribution in [0.5, 0.6) is 5.75 Å². The van der Waals surface area contributed by atoms with Crippen LogP contribution in [0.15, 0.2) is 29.3 Å². The van der Waals surface area contributed by atoms with Crippen molar-refractivity contribution in [1.82, 2.24) is 20.3 Å². The van der Waals surface area contributed by atoms with Crippen molar-refractivity contribution >= 4 is 22.2 Å². The molecule has 0 spiro atoms. The lowest BCUT2D eigenvalue weighted by Crippen LogP contribution is -2.30. The Morgan fingerprint density at radius 2 is 2.08 bits per heavy atom. The lowest BCUT2D eigenvalue weighted by Gasteiger charge is -2.21. The minimum Gasteiger partial charge on any atom is -0.484 e. The molecule has 0 bridgehead atoms. The monoisotopic (exact) mass is 390 g/mol. The Bertz CT molecular complexity index is 822. The molecular formula is C15H20ClFN4O3S. The molecule has 1 N–H and O–H groups in total. The predicted octanol–water partition coefficient (Wildman–Crippen LogP) is 1.75. The summed E-state index contributed by atoms with van der Waals surface area (Å²) in [6.45, 7) is 1.95. The number of piperidine rings is 1. The highest BCUT2D eigenvalue weighted by atomic mass is 35.5. The van der Waals surface area contributed by atoms with Crippen molar-refractivity contribution in [3.63, 3.8) is 0 Å². The molecule has 2 heterocycles. The Morgan fingerprint density at radius 3 is 2.72 bits per heavy atom. The Kier molecular flexibility index (Phi) is 6.36. The van der Waals surface area contributed by atoms with Crippen molar-refractivity contribution in [2.45, 2.75) is 30.4 Å². The first-order chi connectivity index (χ1) is 11.4. The van der Waals surface area contributed by atoms with E-state index in [0.717, 1.165) is 38.3 Å². The van der Waals surface area contributed by atoms with Crippen molar-refractivity contribution in [3.8, 4) is 5.75 Å². The lowest BCUT2D eigenvalue weighted by molar-refractivity contribution is 0.277. The summed E-state index contributed by atoms with van der Waals surface area (Å²) in [5, 5.41) is 11.9. The van der Waals surface area contributed by atoms with Gasteiger partial charge in [0.05, 0.1) is 17.1 Å². The predicted molar refractivity (Wildman–Crippen MR) is 92.3 cm³/mol. The largest absolute Gasteiger partial charge is 0.484 e. The molecule has 1 aliphatic rings. The molecule has 0 amide bonds. The number of nitrogens with zero attached hydrogens (tertiary/aromatic N) is 3. The third-order valence-electron chi connectivity index (χ3n) is 3.90. The molecule has 1 aromatic heterocycles. The maximum atomic E-state index is 13.9. The van der Waals surface area contributed by atoms with E-state index in [4.69, 9.17) is 4.74 Å². The minimum absolute atomic E-state index is 0. The van der Waals surface area contributed by atoms with Gasteiger partial charge in [0.2, 0.25) is 0 Å². The minimum atomic E-state index is -3.44. The Hall–Kier alpha value is -1.71. The number of halogens is 2. The highest BCUT2D eigenvalue weighted by molar-refractivity contribution is 7.90. The van der Waals surface area contributed by atoms with Gasteiger partial charge >= 0.3 is 0 Å². The van der Waals surface area contributed by atoms with E-state index < -0.39 is 15.7 Å². The second kappa shape index (κ2) is 8.11. The zero-order chi connectivity index (χ0) is 17.2. The van der Waals surface area contributed by atoms with Crippen molar-refractivity contribution < 1.29 is 17.5 Å². The topological polar surface area (TPSA) is 86.1 Å². The fraction of sp³-hybridized carbons (Fsp3) is 0.467. The zero-order valence-corrected chi connectivity index (χ0v) is 15.3. The van der Waals surface area contributed by atoms with Crippen LogP contribution in [-0.2, 0) is 16.4 Å². The average molecular weight is 391 g/mol. The molecule has 1 aromatic carbocycles. The Labute approximate surface area is 151 Å². The highest BCUT2D eigenvalue weighted by Gasteiger charge is 2.17. The maximum Gasteiger partial charge on any atom is 0.175 e. The summed E-state index contributed by atoms with van der Waals surface area (Å²) >= 11 is 0. The van der Waals surface area contributed by atoms with Crippen molar-refractivity contribution in [1.29, 1.82) is 0 Å². The Morgan fingerprint density at radius 1 is 1.36 bits per heavy atom. The van der Waals surface area contributed by atoms with Crippen LogP contribution in [0, 0.1) is 5.82 Å². The molecule has 0 atom stereocenters. The number of benzene rings is 1. The third-order valence-corrected chi connectivity index (χ3v) is 5.01. The molecule has 3 rings (SSSR count). The smallest absolute Gasteiger partial charge is 0.175 e. The number of hydrogen-bond donors (Lipinski definition) is 1. The van der Waals surface area contributed by atoms with Gasteiger partial charge in [-0.2, -0.15) is 15.0 Å². The average Bonchev–Trinajstić information content (AvgIpc) is 3.02. The van der Waals surface area contributed by atoms with Gasteiger partial charge < -0.3 is 10.1 Å². The molecule has 138 valence electrons. The molecule has 10 heteroatoms. The second-order valence-corrected chi connectivity index (χ2v) is 7.81. The van der Waals surface area contributed by atoms with Gasteiger partial charge in [0.15, 0.2) is 21.4 Å². The first-order valence-electron chi connectivity index (χ1n) is 7.67. The molecule has 1 fully saturated rings. The van der Waals surface area contributed by atoms with Crippen LogP contribution >= 0.6 is 12.4 Å². The van der Waals surface area contributed by atoms with E-state index in [2.05, 4.69) is 15.5 Å². The summed E-state index contributed by atoms with van der Waals surface area (Å²) in [6.07, 6.45) is 4.57. The Balaban J connectivity index is 0.00000225. The number of rotatable bonds is 5. The summed E-state index contributed by atoms with van der Waals surface area (Å²) in [5.41, 5.74) is 0.597. The van der Waals surface area contributed by atoms with Gasteiger partial charge in [-0.25, -0.2) is 12.8 Å². The third kappa shape index (κ3) is 4.90. The SMILES string of the molecule is CS(=O)(=O)c1ccc(OCc2cnn(C3CCNCC3)n2)c(F)c1.Cl. The van der Waals surface area contributed by atoms with E-state index in [0.29, 0.717) is 5.69 Å². The molecule has 0 radical (unpaired) electrons. The van der Waals surface area contributed by atoms with Gasteiger partial charge in [0.1, 0.15) is 12.3 Å². The number of sulfone groups is 1. The van der Waals surface area contributed by atoms with Gasteiger partial charge in [-0.3, -0.25) is 0 Å². The summed E-state index contributed by atoms with van der Waals surface area (Å²) in [4.78, 5) is 1.60. The first-order valence-corrected chi connectivity index (χ1v) is 9.56. The standard InChI is InChI=1S/C15H19FN4O3S.ClH/c1-24(21,22)13-2-3-15(14(16)8-13)23-10-11-9-18-20(19-11)12-4-6-17-7-5-12;/h2-3,8-9,12,17H,4-7,10H2,1H3;1H. The number of hydrogen-bond acceptors (Lipinski definition) is 6. The molecule has 0 saturated carbocycles. The van der Waals surface area contributed by atoms with Crippen LogP contribution in [0.25, 0.3) is 0 Å². The highest BCUT2D eigenvalue weighted by Crippen LogP contribution is 2.22. The molecule has 0 aliphatic carbocycles. The van der Waals surface area contributed by atoms with Crippen molar-refractivity contribution in [2.24, 2.45) is 0 Å². The van der Waals surface area contributed by atoms with Crippen LogP contribution in [0.1, 0.15) is 24.6 Å². The second-order valence-electron chi connectivity index (χ2n) is 5.79. The normalized spacial score (nSPS) is 15.6. The van der Waals surface area contributed by atoms with Crippen LogP contribution in [0.3, 0.4) is 0 Å². The molecular weight excluding hydrogens is 371 g/mol. The summed E-state index contributed by atoms with van der Waals surface area (Å²) < 4.78 is 42.1. The molecule has 0 unspecified atom stereocenters. The van der Waals surface area contributed by atoms with Crippen LogP contribution < -0.4 is 10.1 Å². The molecule has 2 aromatic rings. The van der Waals surface area contributed by atoms with Crippen LogP contribution in [-0.4, -0.2) is 42.8 Å². The van der Waals surface area contributed by atoms with Gasteiger partial charge in [-0.15, -0.1) is 12.4 Å². The fourth-order valence-electron chi connectivity index (χ4n) is 2.57. The molecule has 1 saturated heterocycles.